The minimum Gasteiger partial charge on any atom is -0.351 e. The minimum atomic E-state index is -0.466. The van der Waals surface area contributed by atoms with Crippen molar-refractivity contribution in [2.45, 2.75) is 31.9 Å². The molecule has 0 bridgehead atoms. The highest BCUT2D eigenvalue weighted by Crippen LogP contribution is 2.42. The molecule has 1 saturated heterocycles. The number of carbonyl (C=O) groups is 2. The van der Waals surface area contributed by atoms with Gasteiger partial charge in [0.25, 0.3) is 5.91 Å². The number of nitriles is 1. The van der Waals surface area contributed by atoms with Gasteiger partial charge in [-0.3, -0.25) is 14.5 Å². The zero-order valence-electron chi connectivity index (χ0n) is 19.8. The summed E-state index contributed by atoms with van der Waals surface area (Å²) in [5, 5.41) is 12.8. The Hall–Kier alpha value is -3.82. The Balaban J connectivity index is 1.61. The summed E-state index contributed by atoms with van der Waals surface area (Å²) in [7, 11) is 0. The SMILES string of the molecule is Cc1ccc(CC2SC(=C(C#N)C(=O)NCCc3ccccc3)N(c3ccc(C)cc3)C2=O)cc1. The molecule has 0 aliphatic carbocycles. The Bertz CT molecular complexity index is 1280. The van der Waals surface area contributed by atoms with Crippen molar-refractivity contribution in [2.24, 2.45) is 0 Å². The molecule has 0 radical (unpaired) electrons. The quantitative estimate of drug-likeness (QED) is 0.377. The van der Waals surface area contributed by atoms with Crippen molar-refractivity contribution in [1.29, 1.82) is 5.26 Å². The van der Waals surface area contributed by atoms with Crippen LogP contribution in [0.15, 0.2) is 89.5 Å². The lowest BCUT2D eigenvalue weighted by molar-refractivity contribution is -0.117. The summed E-state index contributed by atoms with van der Waals surface area (Å²) in [4.78, 5) is 28.1. The zero-order chi connectivity index (χ0) is 24.8. The van der Waals surface area contributed by atoms with Gasteiger partial charge in [-0.25, -0.2) is 0 Å². The summed E-state index contributed by atoms with van der Waals surface area (Å²) in [5.74, 6) is -0.592. The highest BCUT2D eigenvalue weighted by atomic mass is 32.2. The molecule has 35 heavy (non-hydrogen) atoms. The fraction of sp³-hybridized carbons (Fsp3) is 0.207. The van der Waals surface area contributed by atoms with Gasteiger partial charge in [0, 0.05) is 12.2 Å². The Morgan fingerprint density at radius 1 is 0.943 bits per heavy atom. The van der Waals surface area contributed by atoms with Crippen LogP contribution in [0.3, 0.4) is 0 Å². The molecule has 6 heteroatoms. The molecule has 1 heterocycles. The molecule has 3 aromatic rings. The van der Waals surface area contributed by atoms with Crippen LogP contribution >= 0.6 is 11.8 Å². The van der Waals surface area contributed by atoms with Crippen molar-refractivity contribution in [3.05, 3.63) is 112 Å². The predicted molar refractivity (Wildman–Crippen MR) is 141 cm³/mol. The number of hydrogen-bond acceptors (Lipinski definition) is 4. The summed E-state index contributed by atoms with van der Waals surface area (Å²) in [6.07, 6.45) is 1.17. The third-order valence-electron chi connectivity index (χ3n) is 5.88. The van der Waals surface area contributed by atoms with Crippen LogP contribution < -0.4 is 10.2 Å². The van der Waals surface area contributed by atoms with E-state index in [0.29, 0.717) is 30.1 Å². The Morgan fingerprint density at radius 3 is 2.20 bits per heavy atom. The normalized spacial score (nSPS) is 16.7. The smallest absolute Gasteiger partial charge is 0.264 e. The van der Waals surface area contributed by atoms with Crippen LogP contribution in [-0.4, -0.2) is 23.6 Å². The Labute approximate surface area is 210 Å². The molecule has 1 N–H and O–H groups in total. The van der Waals surface area contributed by atoms with Crippen molar-refractivity contribution in [3.8, 4) is 6.07 Å². The number of aryl methyl sites for hydroxylation is 2. The number of nitrogens with one attached hydrogen (secondary N) is 1. The first-order chi connectivity index (χ1) is 17.0. The monoisotopic (exact) mass is 481 g/mol. The molecule has 1 fully saturated rings. The van der Waals surface area contributed by atoms with Gasteiger partial charge < -0.3 is 5.32 Å². The highest BCUT2D eigenvalue weighted by Gasteiger charge is 2.40. The molecule has 176 valence electrons. The maximum Gasteiger partial charge on any atom is 0.264 e. The molecule has 1 atom stereocenters. The van der Waals surface area contributed by atoms with Crippen LogP contribution in [0.2, 0.25) is 0 Å². The first kappa shape index (κ1) is 24.3. The van der Waals surface area contributed by atoms with Crippen molar-refractivity contribution >= 4 is 29.3 Å². The molecule has 1 unspecified atom stereocenters. The first-order valence-corrected chi connectivity index (χ1v) is 12.4. The van der Waals surface area contributed by atoms with Gasteiger partial charge in [-0.1, -0.05) is 89.6 Å². The Kier molecular flexibility index (Phi) is 7.69. The number of rotatable bonds is 7. The zero-order valence-corrected chi connectivity index (χ0v) is 20.6. The minimum absolute atomic E-state index is 0.0385. The summed E-state index contributed by atoms with van der Waals surface area (Å²) in [6.45, 7) is 4.40. The molecule has 5 nitrogen and oxygen atoms in total. The van der Waals surface area contributed by atoms with Crippen LogP contribution in [-0.2, 0) is 22.4 Å². The average molecular weight is 482 g/mol. The van der Waals surface area contributed by atoms with Crippen LogP contribution in [0.1, 0.15) is 22.3 Å². The van der Waals surface area contributed by atoms with Crippen LogP contribution in [0.4, 0.5) is 5.69 Å². The second kappa shape index (κ2) is 11.1. The average Bonchev–Trinajstić information content (AvgIpc) is 3.17. The standard InChI is InChI=1S/C29H27N3O2S/c1-20-8-12-23(13-9-20)18-26-28(34)32(24-14-10-21(2)11-15-24)29(35-26)25(19-30)27(33)31-17-16-22-6-4-3-5-7-22/h3-15,26H,16-18H2,1-2H3,(H,31,33). The summed E-state index contributed by atoms with van der Waals surface area (Å²) < 4.78 is 0. The van der Waals surface area contributed by atoms with Crippen molar-refractivity contribution in [1.82, 2.24) is 5.32 Å². The first-order valence-electron chi connectivity index (χ1n) is 11.6. The molecule has 0 spiro atoms. The van der Waals surface area contributed by atoms with Gasteiger partial charge in [-0.05, 0) is 49.9 Å². The van der Waals surface area contributed by atoms with E-state index in [-0.39, 0.29) is 11.5 Å². The van der Waals surface area contributed by atoms with E-state index in [2.05, 4.69) is 11.4 Å². The summed E-state index contributed by atoms with van der Waals surface area (Å²) in [6, 6.07) is 27.5. The van der Waals surface area contributed by atoms with E-state index in [1.807, 2.05) is 92.7 Å². The lowest BCUT2D eigenvalue weighted by Gasteiger charge is -2.19. The number of amides is 2. The van der Waals surface area contributed by atoms with Gasteiger partial charge >= 0.3 is 0 Å². The fourth-order valence-electron chi connectivity index (χ4n) is 3.91. The maximum atomic E-state index is 13.5. The Morgan fingerprint density at radius 2 is 1.57 bits per heavy atom. The largest absolute Gasteiger partial charge is 0.351 e. The molecule has 1 aliphatic rings. The predicted octanol–water partition coefficient (Wildman–Crippen LogP) is 5.09. The van der Waals surface area contributed by atoms with E-state index in [1.54, 1.807) is 0 Å². The molecular weight excluding hydrogens is 454 g/mol. The molecule has 0 aromatic heterocycles. The lowest BCUT2D eigenvalue weighted by Crippen LogP contribution is -2.32. The third kappa shape index (κ3) is 5.82. The number of hydrogen-bond donors (Lipinski definition) is 1. The number of anilines is 1. The van der Waals surface area contributed by atoms with Gasteiger partial charge in [0.05, 0.1) is 5.25 Å². The lowest BCUT2D eigenvalue weighted by atomic mass is 10.1. The van der Waals surface area contributed by atoms with Crippen molar-refractivity contribution in [3.63, 3.8) is 0 Å². The molecule has 3 aromatic carbocycles. The molecule has 2 amide bonds. The second-order valence-electron chi connectivity index (χ2n) is 8.59. The second-order valence-corrected chi connectivity index (χ2v) is 9.78. The summed E-state index contributed by atoms with van der Waals surface area (Å²) in [5.41, 5.74) is 4.97. The molecule has 4 rings (SSSR count). The van der Waals surface area contributed by atoms with E-state index in [1.165, 1.54) is 16.7 Å². The maximum absolute atomic E-state index is 13.5. The topological polar surface area (TPSA) is 73.2 Å². The number of thioether (sulfide) groups is 1. The molecular formula is C29H27N3O2S. The van der Waals surface area contributed by atoms with Gasteiger partial charge in [0.15, 0.2) is 0 Å². The number of benzene rings is 3. The summed E-state index contributed by atoms with van der Waals surface area (Å²) >= 11 is 1.29. The fourth-order valence-corrected chi connectivity index (χ4v) is 5.22. The van der Waals surface area contributed by atoms with Gasteiger partial charge in [0.1, 0.15) is 16.7 Å². The van der Waals surface area contributed by atoms with Crippen LogP contribution in [0.25, 0.3) is 0 Å². The highest BCUT2D eigenvalue weighted by molar-refractivity contribution is 8.05. The number of nitrogens with zero attached hydrogens (tertiary/aromatic N) is 2. The van der Waals surface area contributed by atoms with E-state index < -0.39 is 11.2 Å². The van der Waals surface area contributed by atoms with E-state index >= 15 is 0 Å². The van der Waals surface area contributed by atoms with Gasteiger partial charge in [-0.15, -0.1) is 0 Å². The van der Waals surface area contributed by atoms with Crippen LogP contribution in [0.5, 0.6) is 0 Å². The van der Waals surface area contributed by atoms with Crippen LogP contribution in [0, 0.1) is 25.2 Å². The molecule has 0 saturated carbocycles. The van der Waals surface area contributed by atoms with Gasteiger partial charge in [-0.2, -0.15) is 5.26 Å². The molecule has 1 aliphatic heterocycles. The van der Waals surface area contributed by atoms with Crippen molar-refractivity contribution in [2.75, 3.05) is 11.4 Å². The third-order valence-corrected chi connectivity index (χ3v) is 7.14. The van der Waals surface area contributed by atoms with E-state index in [9.17, 15) is 14.9 Å². The van der Waals surface area contributed by atoms with E-state index in [4.69, 9.17) is 0 Å². The number of carbonyl (C=O) groups excluding carboxylic acids is 2. The van der Waals surface area contributed by atoms with Crippen molar-refractivity contribution < 1.29 is 9.59 Å². The van der Waals surface area contributed by atoms with Gasteiger partial charge in [0.2, 0.25) is 5.91 Å². The van der Waals surface area contributed by atoms with E-state index in [0.717, 1.165) is 22.3 Å².